The average molecular weight is 227 g/mol. The summed E-state index contributed by atoms with van der Waals surface area (Å²) in [7, 11) is 0. The quantitative estimate of drug-likeness (QED) is 0.674. The molecule has 2 aromatic heterocycles. The van der Waals surface area contributed by atoms with Crippen molar-refractivity contribution in [2.24, 2.45) is 0 Å². The molecule has 0 saturated carbocycles. The first-order valence-corrected chi connectivity index (χ1v) is 5.77. The van der Waals surface area contributed by atoms with Crippen LogP contribution in [-0.2, 0) is 0 Å². The Labute approximate surface area is 97.1 Å². The number of rotatable bonds is 2. The molecule has 78 valence electrons. The van der Waals surface area contributed by atoms with E-state index in [0.29, 0.717) is 0 Å². The van der Waals surface area contributed by atoms with Gasteiger partial charge in [0.05, 0.1) is 0 Å². The largest absolute Gasteiger partial charge is 0.236 e. The van der Waals surface area contributed by atoms with Crippen LogP contribution in [0.5, 0.6) is 0 Å². The zero-order valence-electron chi connectivity index (χ0n) is 8.45. The number of aromatic nitrogens is 3. The summed E-state index contributed by atoms with van der Waals surface area (Å²) in [6.45, 7) is 0. The second-order valence-corrected chi connectivity index (χ2v) is 4.41. The van der Waals surface area contributed by atoms with Gasteiger partial charge in [0, 0.05) is 17.3 Å². The molecule has 0 bridgehead atoms. The van der Waals surface area contributed by atoms with Crippen LogP contribution in [0.25, 0.3) is 5.65 Å². The topological polar surface area (TPSA) is 30.2 Å². The third-order valence-electron chi connectivity index (χ3n) is 2.20. The molecule has 0 amide bonds. The molecule has 3 nitrogen and oxygen atoms in total. The van der Waals surface area contributed by atoms with E-state index >= 15 is 0 Å². The molecular weight excluding hydrogens is 218 g/mol. The molecule has 3 rings (SSSR count). The van der Waals surface area contributed by atoms with E-state index in [-0.39, 0.29) is 0 Å². The molecule has 0 unspecified atom stereocenters. The Morgan fingerprint density at radius 1 is 1.00 bits per heavy atom. The molecule has 0 spiro atoms. The summed E-state index contributed by atoms with van der Waals surface area (Å²) in [5, 5.41) is 5.42. The van der Waals surface area contributed by atoms with Crippen LogP contribution >= 0.6 is 11.8 Å². The third-order valence-corrected chi connectivity index (χ3v) is 3.13. The minimum atomic E-state index is 0.873. The van der Waals surface area contributed by atoms with Gasteiger partial charge in [0.1, 0.15) is 5.03 Å². The molecule has 0 fully saturated rings. The Balaban J connectivity index is 1.94. The zero-order chi connectivity index (χ0) is 10.8. The number of fused-ring (bicyclic) bond motifs is 1. The molecule has 0 aliphatic heterocycles. The summed E-state index contributed by atoms with van der Waals surface area (Å²) in [5.41, 5.74) is 0.873. The number of hydrogen-bond acceptors (Lipinski definition) is 3. The predicted molar refractivity (Wildman–Crippen MR) is 63.6 cm³/mol. The van der Waals surface area contributed by atoms with E-state index in [1.54, 1.807) is 22.5 Å². The predicted octanol–water partition coefficient (Wildman–Crippen LogP) is 2.88. The maximum Gasteiger partial charge on any atom is 0.153 e. The highest BCUT2D eigenvalue weighted by atomic mass is 32.2. The van der Waals surface area contributed by atoms with Crippen LogP contribution in [-0.4, -0.2) is 14.6 Å². The molecule has 0 saturated heterocycles. The van der Waals surface area contributed by atoms with Gasteiger partial charge in [0.25, 0.3) is 0 Å². The fourth-order valence-electron chi connectivity index (χ4n) is 1.46. The zero-order valence-corrected chi connectivity index (χ0v) is 9.26. The molecule has 16 heavy (non-hydrogen) atoms. The molecule has 0 atom stereocenters. The van der Waals surface area contributed by atoms with Crippen molar-refractivity contribution in [3.05, 3.63) is 54.9 Å². The van der Waals surface area contributed by atoms with Crippen LogP contribution in [0.4, 0.5) is 0 Å². The number of benzene rings is 1. The highest BCUT2D eigenvalue weighted by Crippen LogP contribution is 2.25. The highest BCUT2D eigenvalue weighted by molar-refractivity contribution is 7.99. The van der Waals surface area contributed by atoms with E-state index < -0.39 is 0 Å². The van der Waals surface area contributed by atoms with Crippen molar-refractivity contribution in [2.75, 3.05) is 0 Å². The van der Waals surface area contributed by atoms with Crippen molar-refractivity contribution in [1.29, 1.82) is 0 Å². The van der Waals surface area contributed by atoms with E-state index in [1.807, 2.05) is 36.5 Å². The second-order valence-electron chi connectivity index (χ2n) is 3.32. The monoisotopic (exact) mass is 227 g/mol. The van der Waals surface area contributed by atoms with Crippen LogP contribution < -0.4 is 0 Å². The smallest absolute Gasteiger partial charge is 0.153 e. The van der Waals surface area contributed by atoms with E-state index in [2.05, 4.69) is 22.2 Å². The molecule has 0 aliphatic carbocycles. The van der Waals surface area contributed by atoms with Gasteiger partial charge in [-0.05, 0) is 24.3 Å². The third kappa shape index (κ3) is 1.79. The standard InChI is InChI=1S/C12H9N3S/c1-2-4-10(5-3-1)16-12-7-6-11-13-8-9-15(11)14-12/h1-9H. The van der Waals surface area contributed by atoms with Crippen LogP contribution in [0.2, 0.25) is 0 Å². The van der Waals surface area contributed by atoms with Gasteiger partial charge in [0.15, 0.2) is 5.65 Å². The maximum absolute atomic E-state index is 4.45. The van der Waals surface area contributed by atoms with Gasteiger partial charge in [-0.2, -0.15) is 5.10 Å². The van der Waals surface area contributed by atoms with Crippen molar-refractivity contribution >= 4 is 17.4 Å². The number of nitrogens with zero attached hydrogens (tertiary/aromatic N) is 3. The lowest BCUT2D eigenvalue weighted by Gasteiger charge is -2.00. The van der Waals surface area contributed by atoms with Crippen LogP contribution in [0.15, 0.2) is 64.8 Å². The normalized spacial score (nSPS) is 10.8. The fourth-order valence-corrected chi connectivity index (χ4v) is 2.26. The van der Waals surface area contributed by atoms with Crippen molar-refractivity contribution in [1.82, 2.24) is 14.6 Å². The van der Waals surface area contributed by atoms with Gasteiger partial charge >= 0.3 is 0 Å². The fraction of sp³-hybridized carbons (Fsp3) is 0. The molecule has 0 aliphatic rings. The van der Waals surface area contributed by atoms with Crippen LogP contribution in [0.1, 0.15) is 0 Å². The summed E-state index contributed by atoms with van der Waals surface area (Å²) in [4.78, 5) is 5.35. The van der Waals surface area contributed by atoms with Crippen LogP contribution in [0, 0.1) is 0 Å². The van der Waals surface area contributed by atoms with Crippen molar-refractivity contribution < 1.29 is 0 Å². The molecule has 3 aromatic rings. The lowest BCUT2D eigenvalue weighted by Crippen LogP contribution is -1.91. The first kappa shape index (κ1) is 9.42. The number of hydrogen-bond donors (Lipinski definition) is 0. The molecule has 0 N–H and O–H groups in total. The van der Waals surface area contributed by atoms with Gasteiger partial charge in [-0.1, -0.05) is 30.0 Å². The average Bonchev–Trinajstić information content (AvgIpc) is 2.77. The maximum atomic E-state index is 4.45. The second kappa shape index (κ2) is 3.98. The SMILES string of the molecule is c1ccc(Sc2ccc3nccn3n2)cc1. The Hall–Kier alpha value is -1.81. The van der Waals surface area contributed by atoms with Crippen molar-refractivity contribution in [2.45, 2.75) is 9.92 Å². The first-order valence-electron chi connectivity index (χ1n) is 4.95. The van der Waals surface area contributed by atoms with E-state index in [0.717, 1.165) is 10.7 Å². The molecular formula is C12H9N3S. The lowest BCUT2D eigenvalue weighted by molar-refractivity contribution is 0.859. The van der Waals surface area contributed by atoms with Crippen molar-refractivity contribution in [3.8, 4) is 0 Å². The summed E-state index contributed by atoms with van der Waals surface area (Å²) in [6.07, 6.45) is 3.60. The lowest BCUT2D eigenvalue weighted by atomic mass is 10.4. The minimum absolute atomic E-state index is 0.873. The van der Waals surface area contributed by atoms with Gasteiger partial charge in [-0.25, -0.2) is 9.50 Å². The highest BCUT2D eigenvalue weighted by Gasteiger charge is 2.00. The Morgan fingerprint density at radius 3 is 2.75 bits per heavy atom. The molecule has 2 heterocycles. The summed E-state index contributed by atoms with van der Waals surface area (Å²) in [6, 6.07) is 14.2. The van der Waals surface area contributed by atoms with Crippen LogP contribution in [0.3, 0.4) is 0 Å². The van der Waals surface area contributed by atoms with Gasteiger partial charge in [-0.3, -0.25) is 0 Å². The Bertz CT molecular complexity index is 604. The summed E-state index contributed by atoms with van der Waals surface area (Å²) >= 11 is 1.65. The molecule has 1 aromatic carbocycles. The summed E-state index contributed by atoms with van der Waals surface area (Å²) in [5.74, 6) is 0. The first-order chi connectivity index (χ1) is 7.92. The van der Waals surface area contributed by atoms with E-state index in [9.17, 15) is 0 Å². The molecule has 0 radical (unpaired) electrons. The van der Waals surface area contributed by atoms with E-state index in [1.165, 1.54) is 4.90 Å². The Morgan fingerprint density at radius 2 is 1.88 bits per heavy atom. The summed E-state index contributed by atoms with van der Waals surface area (Å²) < 4.78 is 1.78. The van der Waals surface area contributed by atoms with Gasteiger partial charge < -0.3 is 0 Å². The van der Waals surface area contributed by atoms with E-state index in [4.69, 9.17) is 0 Å². The Kier molecular flexibility index (Phi) is 2.34. The van der Waals surface area contributed by atoms with Gasteiger partial charge in [0.2, 0.25) is 0 Å². The van der Waals surface area contributed by atoms with Gasteiger partial charge in [-0.15, -0.1) is 0 Å². The minimum Gasteiger partial charge on any atom is -0.236 e. The number of imidazole rings is 1. The molecule has 4 heteroatoms. The van der Waals surface area contributed by atoms with Crippen molar-refractivity contribution in [3.63, 3.8) is 0 Å².